The number of aromatic nitrogens is 2. The lowest BCUT2D eigenvalue weighted by Gasteiger charge is -2.17. The van der Waals surface area contributed by atoms with E-state index in [0.29, 0.717) is 25.4 Å². The molecule has 116 valence electrons. The fourth-order valence-electron chi connectivity index (χ4n) is 2.47. The number of fused-ring (bicyclic) bond motifs is 1. The largest absolute Gasteiger partial charge is 0.491 e. The number of rotatable bonds is 4. The first-order valence-corrected chi connectivity index (χ1v) is 8.00. The number of hydrogen-bond acceptors (Lipinski definition) is 6. The number of hydrogen-bond donors (Lipinski definition) is 1. The van der Waals surface area contributed by atoms with E-state index in [1.165, 1.54) is 0 Å². The Labute approximate surface area is 132 Å². The average Bonchev–Trinajstić information content (AvgIpc) is 2.85. The molecule has 1 aliphatic heterocycles. The summed E-state index contributed by atoms with van der Waals surface area (Å²) in [6.07, 6.45) is 0.894. The van der Waals surface area contributed by atoms with Crippen molar-refractivity contribution in [2.45, 2.75) is 26.4 Å². The molecule has 7 heteroatoms. The fourth-order valence-corrected chi connectivity index (χ4v) is 3.29. The minimum Gasteiger partial charge on any atom is -0.491 e. The summed E-state index contributed by atoms with van der Waals surface area (Å²) in [6.45, 7) is 4.62. The monoisotopic (exact) mass is 319 g/mol. The molecule has 2 aromatic rings. The number of nitrogens with zero attached hydrogens (tertiary/aromatic N) is 3. The Kier molecular flexibility index (Phi) is 4.35. The third-order valence-electron chi connectivity index (χ3n) is 3.54. The van der Waals surface area contributed by atoms with Crippen molar-refractivity contribution in [1.29, 1.82) is 0 Å². The van der Waals surface area contributed by atoms with Gasteiger partial charge in [-0.05, 0) is 12.5 Å². The molecule has 2 heterocycles. The third kappa shape index (κ3) is 3.10. The van der Waals surface area contributed by atoms with Crippen LogP contribution < -0.4 is 4.74 Å². The van der Waals surface area contributed by atoms with Gasteiger partial charge in [0.25, 0.3) is 0 Å². The van der Waals surface area contributed by atoms with Crippen molar-refractivity contribution in [1.82, 2.24) is 15.1 Å². The van der Waals surface area contributed by atoms with Gasteiger partial charge in [0.1, 0.15) is 27.9 Å². The zero-order chi connectivity index (χ0) is 15.5. The summed E-state index contributed by atoms with van der Waals surface area (Å²) < 4.78 is 5.68. The number of ether oxygens (including phenoxy) is 1. The van der Waals surface area contributed by atoms with Crippen molar-refractivity contribution in [2.24, 2.45) is 0 Å². The standard InChI is InChI=1S/C15H17N3O3S/c1-2-12-16-17-13(22-12)9-18-6-7-21-14-10(8-18)4-3-5-11(14)15(19)20/h3-5H,2,6-9H2,1H3,(H,19,20). The zero-order valence-corrected chi connectivity index (χ0v) is 13.1. The van der Waals surface area contributed by atoms with Crippen LogP contribution in [0.3, 0.4) is 0 Å². The van der Waals surface area contributed by atoms with E-state index in [-0.39, 0.29) is 5.56 Å². The van der Waals surface area contributed by atoms with E-state index in [4.69, 9.17) is 4.74 Å². The van der Waals surface area contributed by atoms with E-state index in [9.17, 15) is 9.90 Å². The maximum Gasteiger partial charge on any atom is 0.339 e. The number of carbonyl (C=O) groups is 1. The van der Waals surface area contributed by atoms with Crippen molar-refractivity contribution in [2.75, 3.05) is 13.2 Å². The summed E-state index contributed by atoms with van der Waals surface area (Å²) in [5, 5.41) is 19.6. The van der Waals surface area contributed by atoms with Crippen molar-refractivity contribution < 1.29 is 14.6 Å². The number of carboxylic acids is 1. The van der Waals surface area contributed by atoms with Gasteiger partial charge in [-0.3, -0.25) is 4.90 Å². The third-order valence-corrected chi connectivity index (χ3v) is 4.60. The van der Waals surface area contributed by atoms with Gasteiger partial charge in [-0.1, -0.05) is 19.1 Å². The topological polar surface area (TPSA) is 75.5 Å². The highest BCUT2D eigenvalue weighted by Gasteiger charge is 2.21. The number of aryl methyl sites for hydroxylation is 1. The van der Waals surface area contributed by atoms with E-state index in [1.807, 2.05) is 6.07 Å². The Balaban J connectivity index is 1.79. The van der Waals surface area contributed by atoms with Crippen molar-refractivity contribution >= 4 is 17.3 Å². The molecular weight excluding hydrogens is 302 g/mol. The molecule has 1 aliphatic rings. The van der Waals surface area contributed by atoms with Crippen LogP contribution in [0.5, 0.6) is 5.75 Å². The average molecular weight is 319 g/mol. The molecule has 0 saturated carbocycles. The normalized spacial score (nSPS) is 15.0. The van der Waals surface area contributed by atoms with Gasteiger partial charge in [-0.15, -0.1) is 21.5 Å². The molecule has 22 heavy (non-hydrogen) atoms. The van der Waals surface area contributed by atoms with E-state index in [1.54, 1.807) is 23.5 Å². The molecule has 0 amide bonds. The summed E-state index contributed by atoms with van der Waals surface area (Å²) >= 11 is 1.62. The van der Waals surface area contributed by atoms with Gasteiger partial charge in [-0.25, -0.2) is 4.79 Å². The molecule has 3 rings (SSSR count). The van der Waals surface area contributed by atoms with Crippen molar-refractivity contribution in [3.8, 4) is 5.75 Å². The van der Waals surface area contributed by atoms with E-state index in [2.05, 4.69) is 22.0 Å². The van der Waals surface area contributed by atoms with Gasteiger partial charge in [0.05, 0.1) is 6.54 Å². The van der Waals surface area contributed by atoms with Crippen LogP contribution in [-0.4, -0.2) is 39.3 Å². The number of aromatic carboxylic acids is 1. The second kappa shape index (κ2) is 6.41. The van der Waals surface area contributed by atoms with E-state index < -0.39 is 5.97 Å². The summed E-state index contributed by atoms with van der Waals surface area (Å²) in [4.78, 5) is 13.5. The SMILES string of the molecule is CCc1nnc(CN2CCOc3c(cccc3C(=O)O)C2)s1. The van der Waals surface area contributed by atoms with E-state index in [0.717, 1.165) is 28.5 Å². The molecule has 0 unspecified atom stereocenters. The summed E-state index contributed by atoms with van der Waals surface area (Å²) in [5.41, 5.74) is 1.13. The van der Waals surface area contributed by atoms with Crippen molar-refractivity contribution in [3.63, 3.8) is 0 Å². The molecule has 0 radical (unpaired) electrons. The van der Waals surface area contributed by atoms with Crippen LogP contribution in [0.25, 0.3) is 0 Å². The van der Waals surface area contributed by atoms with E-state index >= 15 is 0 Å². The van der Waals surface area contributed by atoms with Crippen LogP contribution in [0.15, 0.2) is 18.2 Å². The number of para-hydroxylation sites is 1. The first kappa shape index (κ1) is 14.9. The second-order valence-corrected chi connectivity index (χ2v) is 6.25. The first-order valence-electron chi connectivity index (χ1n) is 7.19. The second-order valence-electron chi connectivity index (χ2n) is 5.10. The summed E-state index contributed by atoms with van der Waals surface area (Å²) in [7, 11) is 0. The number of benzene rings is 1. The Bertz CT molecular complexity index is 686. The summed E-state index contributed by atoms with van der Waals surface area (Å²) in [6, 6.07) is 5.25. The molecule has 1 aromatic carbocycles. The lowest BCUT2D eigenvalue weighted by atomic mass is 10.1. The Morgan fingerprint density at radius 3 is 2.95 bits per heavy atom. The molecule has 0 bridgehead atoms. The Morgan fingerprint density at radius 1 is 1.41 bits per heavy atom. The predicted molar refractivity (Wildman–Crippen MR) is 82.3 cm³/mol. The number of carboxylic acid groups (broad SMARTS) is 1. The predicted octanol–water partition coefficient (Wildman–Crippen LogP) is 2.19. The highest BCUT2D eigenvalue weighted by atomic mass is 32.1. The molecule has 6 nitrogen and oxygen atoms in total. The molecule has 1 aromatic heterocycles. The quantitative estimate of drug-likeness (QED) is 0.931. The molecular formula is C15H17N3O3S. The highest BCUT2D eigenvalue weighted by molar-refractivity contribution is 7.11. The van der Waals surface area contributed by atoms with Gasteiger partial charge in [0, 0.05) is 18.7 Å². The smallest absolute Gasteiger partial charge is 0.339 e. The lowest BCUT2D eigenvalue weighted by Crippen LogP contribution is -2.25. The van der Waals surface area contributed by atoms with Crippen LogP contribution in [-0.2, 0) is 19.5 Å². The lowest BCUT2D eigenvalue weighted by molar-refractivity contribution is 0.0692. The van der Waals surface area contributed by atoms with Crippen LogP contribution in [0.1, 0.15) is 32.9 Å². The van der Waals surface area contributed by atoms with Gasteiger partial charge in [-0.2, -0.15) is 0 Å². The Hall–Kier alpha value is -1.99. The molecule has 0 spiro atoms. The highest BCUT2D eigenvalue weighted by Crippen LogP contribution is 2.28. The molecule has 0 fully saturated rings. The van der Waals surface area contributed by atoms with Gasteiger partial charge < -0.3 is 9.84 Å². The summed E-state index contributed by atoms with van der Waals surface area (Å²) in [5.74, 6) is -0.467. The minimum absolute atomic E-state index is 0.225. The van der Waals surface area contributed by atoms with Crippen LogP contribution in [0.2, 0.25) is 0 Å². The van der Waals surface area contributed by atoms with Gasteiger partial charge >= 0.3 is 5.97 Å². The molecule has 0 saturated heterocycles. The molecule has 0 aliphatic carbocycles. The van der Waals surface area contributed by atoms with Crippen LogP contribution in [0, 0.1) is 0 Å². The maximum atomic E-state index is 11.3. The fraction of sp³-hybridized carbons (Fsp3) is 0.400. The van der Waals surface area contributed by atoms with Gasteiger partial charge in [0.15, 0.2) is 0 Å². The molecule has 0 atom stereocenters. The maximum absolute atomic E-state index is 11.3. The van der Waals surface area contributed by atoms with Crippen molar-refractivity contribution in [3.05, 3.63) is 39.3 Å². The van der Waals surface area contributed by atoms with Crippen LogP contribution in [0.4, 0.5) is 0 Å². The first-order chi connectivity index (χ1) is 10.7. The van der Waals surface area contributed by atoms with Crippen LogP contribution >= 0.6 is 11.3 Å². The Morgan fingerprint density at radius 2 is 2.23 bits per heavy atom. The zero-order valence-electron chi connectivity index (χ0n) is 12.3. The van der Waals surface area contributed by atoms with Gasteiger partial charge in [0.2, 0.25) is 0 Å². The molecule has 1 N–H and O–H groups in total. The minimum atomic E-state index is -0.956.